The van der Waals surface area contributed by atoms with Crippen LogP contribution in [0.15, 0.2) is 21.3 Å². The molecule has 1 aliphatic rings. The standard InChI is InChI=1S/C15H26N4O2S2/c1-12-7-9-19(10-8-12)15(16-2)17-11-13-5-6-14(22-13)23(20,21)18(3)4/h5-6,12H,7-11H2,1-4H3,(H,16,17). The van der Waals surface area contributed by atoms with Gasteiger partial charge in [-0.3, -0.25) is 4.99 Å². The summed E-state index contributed by atoms with van der Waals surface area (Å²) < 4.78 is 25.8. The quantitative estimate of drug-likeness (QED) is 0.658. The SMILES string of the molecule is CN=C(NCc1ccc(S(=O)(=O)N(C)C)s1)N1CCC(C)CC1. The maximum Gasteiger partial charge on any atom is 0.252 e. The van der Waals surface area contributed by atoms with Crippen molar-refractivity contribution in [1.29, 1.82) is 0 Å². The van der Waals surface area contributed by atoms with Crippen LogP contribution in [0.25, 0.3) is 0 Å². The van der Waals surface area contributed by atoms with Crippen LogP contribution >= 0.6 is 11.3 Å². The Morgan fingerprint density at radius 1 is 1.39 bits per heavy atom. The molecule has 2 rings (SSSR count). The summed E-state index contributed by atoms with van der Waals surface area (Å²) in [7, 11) is 1.54. The molecule has 0 radical (unpaired) electrons. The molecule has 0 aromatic carbocycles. The fraction of sp³-hybridized carbons (Fsp3) is 0.667. The first-order chi connectivity index (χ1) is 10.8. The predicted octanol–water partition coefficient (Wildman–Crippen LogP) is 1.81. The minimum absolute atomic E-state index is 0.376. The van der Waals surface area contributed by atoms with E-state index in [9.17, 15) is 8.42 Å². The van der Waals surface area contributed by atoms with E-state index in [0.717, 1.165) is 29.8 Å². The third-order valence-electron chi connectivity index (χ3n) is 4.09. The Morgan fingerprint density at radius 2 is 2.04 bits per heavy atom. The number of rotatable bonds is 4. The number of nitrogens with zero attached hydrogens (tertiary/aromatic N) is 3. The number of thiophene rings is 1. The molecule has 0 saturated carbocycles. The van der Waals surface area contributed by atoms with E-state index < -0.39 is 10.0 Å². The van der Waals surface area contributed by atoms with Crippen LogP contribution in [0.5, 0.6) is 0 Å². The summed E-state index contributed by atoms with van der Waals surface area (Å²) >= 11 is 1.30. The molecular weight excluding hydrogens is 332 g/mol. The van der Waals surface area contributed by atoms with Crippen molar-refractivity contribution in [3.05, 3.63) is 17.0 Å². The van der Waals surface area contributed by atoms with Gasteiger partial charge >= 0.3 is 0 Å². The molecule has 0 bridgehead atoms. The maximum absolute atomic E-state index is 12.1. The summed E-state index contributed by atoms with van der Waals surface area (Å²) in [6, 6.07) is 3.53. The van der Waals surface area contributed by atoms with Crippen LogP contribution in [-0.4, -0.2) is 57.8 Å². The van der Waals surface area contributed by atoms with E-state index in [0.29, 0.717) is 10.8 Å². The van der Waals surface area contributed by atoms with Crippen molar-refractivity contribution in [2.24, 2.45) is 10.9 Å². The molecule has 2 heterocycles. The van der Waals surface area contributed by atoms with Gasteiger partial charge in [-0.1, -0.05) is 6.92 Å². The Labute approximate surface area is 143 Å². The normalized spacial score (nSPS) is 17.8. The highest BCUT2D eigenvalue weighted by Crippen LogP contribution is 2.23. The largest absolute Gasteiger partial charge is 0.351 e. The first kappa shape index (κ1) is 18.2. The number of aliphatic imine (C=N–C) groups is 1. The molecule has 0 amide bonds. The van der Waals surface area contributed by atoms with E-state index in [-0.39, 0.29) is 0 Å². The van der Waals surface area contributed by atoms with Crippen LogP contribution in [0.2, 0.25) is 0 Å². The number of likely N-dealkylation sites (tertiary alicyclic amines) is 1. The molecule has 0 unspecified atom stereocenters. The molecule has 0 spiro atoms. The van der Waals surface area contributed by atoms with Crippen molar-refractivity contribution in [2.45, 2.75) is 30.5 Å². The monoisotopic (exact) mass is 358 g/mol. The van der Waals surface area contributed by atoms with Crippen LogP contribution in [-0.2, 0) is 16.6 Å². The topological polar surface area (TPSA) is 65.0 Å². The number of nitrogens with one attached hydrogen (secondary N) is 1. The average molecular weight is 359 g/mol. The summed E-state index contributed by atoms with van der Waals surface area (Å²) in [5.74, 6) is 1.67. The van der Waals surface area contributed by atoms with Gasteiger partial charge in [0, 0.05) is 39.1 Å². The molecule has 1 aromatic heterocycles. The smallest absolute Gasteiger partial charge is 0.252 e. The fourth-order valence-corrected chi connectivity index (χ4v) is 4.96. The third kappa shape index (κ3) is 4.45. The van der Waals surface area contributed by atoms with Crippen LogP contribution in [0.1, 0.15) is 24.6 Å². The van der Waals surface area contributed by atoms with Gasteiger partial charge in [-0.15, -0.1) is 11.3 Å². The maximum atomic E-state index is 12.1. The van der Waals surface area contributed by atoms with Crippen LogP contribution in [0, 0.1) is 5.92 Å². The zero-order valence-corrected chi connectivity index (χ0v) is 15.9. The lowest BCUT2D eigenvalue weighted by Gasteiger charge is -2.32. The Morgan fingerprint density at radius 3 is 2.61 bits per heavy atom. The molecular formula is C15H26N4O2S2. The summed E-state index contributed by atoms with van der Waals surface area (Å²) in [5, 5.41) is 3.34. The van der Waals surface area contributed by atoms with E-state index in [2.05, 4.69) is 22.1 Å². The number of hydrogen-bond donors (Lipinski definition) is 1. The van der Waals surface area contributed by atoms with Crippen LogP contribution in [0.3, 0.4) is 0 Å². The predicted molar refractivity (Wildman–Crippen MR) is 95.4 cm³/mol. The summed E-state index contributed by atoms with van der Waals surface area (Å²) in [4.78, 5) is 7.60. The first-order valence-electron chi connectivity index (χ1n) is 7.81. The third-order valence-corrected chi connectivity index (χ3v) is 7.46. The zero-order valence-electron chi connectivity index (χ0n) is 14.2. The molecule has 6 nitrogen and oxygen atoms in total. The van der Waals surface area contributed by atoms with Gasteiger partial charge in [-0.25, -0.2) is 12.7 Å². The Bertz CT molecular complexity index is 644. The molecule has 23 heavy (non-hydrogen) atoms. The van der Waals surface area contributed by atoms with Gasteiger partial charge < -0.3 is 10.2 Å². The highest BCUT2D eigenvalue weighted by atomic mass is 32.2. The lowest BCUT2D eigenvalue weighted by atomic mass is 10.00. The van der Waals surface area contributed by atoms with Gasteiger partial charge in [0.05, 0.1) is 6.54 Å². The van der Waals surface area contributed by atoms with Crippen molar-refractivity contribution in [3.8, 4) is 0 Å². The van der Waals surface area contributed by atoms with E-state index in [1.165, 1.54) is 28.5 Å². The van der Waals surface area contributed by atoms with Crippen molar-refractivity contribution >= 4 is 27.3 Å². The van der Waals surface area contributed by atoms with Gasteiger partial charge in [-0.2, -0.15) is 0 Å². The second kappa shape index (κ2) is 7.63. The van der Waals surface area contributed by atoms with E-state index in [1.54, 1.807) is 27.2 Å². The minimum Gasteiger partial charge on any atom is -0.351 e. The lowest BCUT2D eigenvalue weighted by Crippen LogP contribution is -2.45. The second-order valence-electron chi connectivity index (χ2n) is 6.08. The molecule has 1 aliphatic heterocycles. The number of guanidine groups is 1. The molecule has 8 heteroatoms. The zero-order chi connectivity index (χ0) is 17.0. The van der Waals surface area contributed by atoms with E-state index in [1.807, 2.05) is 6.07 Å². The average Bonchev–Trinajstić information content (AvgIpc) is 2.99. The van der Waals surface area contributed by atoms with Crippen molar-refractivity contribution in [1.82, 2.24) is 14.5 Å². The highest BCUT2D eigenvalue weighted by molar-refractivity contribution is 7.91. The Hall–Kier alpha value is -1.12. The van der Waals surface area contributed by atoms with Gasteiger partial charge in [0.25, 0.3) is 10.0 Å². The van der Waals surface area contributed by atoms with Crippen LogP contribution in [0.4, 0.5) is 0 Å². The van der Waals surface area contributed by atoms with Crippen molar-refractivity contribution in [2.75, 3.05) is 34.2 Å². The van der Waals surface area contributed by atoms with Crippen LogP contribution < -0.4 is 5.32 Å². The molecule has 130 valence electrons. The highest BCUT2D eigenvalue weighted by Gasteiger charge is 2.21. The van der Waals surface area contributed by atoms with Crippen molar-refractivity contribution < 1.29 is 8.42 Å². The second-order valence-corrected chi connectivity index (χ2v) is 9.63. The summed E-state index contributed by atoms with van der Waals surface area (Å²) in [6.45, 7) is 4.91. The molecule has 1 N–H and O–H groups in total. The number of sulfonamides is 1. The Kier molecular flexibility index (Phi) is 6.05. The lowest BCUT2D eigenvalue weighted by molar-refractivity contribution is 0.273. The van der Waals surface area contributed by atoms with Gasteiger partial charge in [0.15, 0.2) is 5.96 Å². The molecule has 1 fully saturated rings. The fourth-order valence-electron chi connectivity index (χ4n) is 2.49. The van der Waals surface area contributed by atoms with E-state index in [4.69, 9.17) is 0 Å². The molecule has 0 aliphatic carbocycles. The number of hydrogen-bond acceptors (Lipinski definition) is 4. The minimum atomic E-state index is -3.34. The first-order valence-corrected chi connectivity index (χ1v) is 10.1. The number of piperidine rings is 1. The summed E-state index contributed by atoms with van der Waals surface area (Å²) in [6.07, 6.45) is 2.37. The molecule has 0 atom stereocenters. The van der Waals surface area contributed by atoms with E-state index >= 15 is 0 Å². The Balaban J connectivity index is 1.97. The van der Waals surface area contributed by atoms with Gasteiger partial charge in [0.1, 0.15) is 4.21 Å². The molecule has 1 aromatic rings. The van der Waals surface area contributed by atoms with Gasteiger partial charge in [0.2, 0.25) is 0 Å². The molecule has 1 saturated heterocycles. The van der Waals surface area contributed by atoms with Crippen molar-refractivity contribution in [3.63, 3.8) is 0 Å². The summed E-state index contributed by atoms with van der Waals surface area (Å²) in [5.41, 5.74) is 0. The van der Waals surface area contributed by atoms with Gasteiger partial charge in [-0.05, 0) is 30.9 Å².